The first-order chi connectivity index (χ1) is 4.89. The molecule has 1 saturated heterocycles. The molecule has 1 heterocycles. The van der Waals surface area contributed by atoms with Crippen molar-refractivity contribution in [1.29, 1.82) is 0 Å². The van der Waals surface area contributed by atoms with Gasteiger partial charge in [-0.2, -0.15) is 0 Å². The van der Waals surface area contributed by atoms with Gasteiger partial charge in [0.25, 0.3) is 0 Å². The lowest BCUT2D eigenvalue weighted by atomic mass is 10.2. The van der Waals surface area contributed by atoms with Crippen LogP contribution in [0.3, 0.4) is 0 Å². The first kappa shape index (κ1) is 9.92. The van der Waals surface area contributed by atoms with Crippen LogP contribution < -0.4 is 11.1 Å². The van der Waals surface area contributed by atoms with Crippen LogP contribution in [0.1, 0.15) is 33.1 Å². The molecular weight excluding hydrogens is 124 g/mol. The molecule has 0 spiro atoms. The van der Waals surface area contributed by atoms with Crippen LogP contribution in [0, 0.1) is 0 Å². The summed E-state index contributed by atoms with van der Waals surface area (Å²) in [4.78, 5) is 0. The van der Waals surface area contributed by atoms with E-state index in [4.69, 9.17) is 5.73 Å². The molecule has 0 amide bonds. The smallest absolute Gasteiger partial charge is 0.0165 e. The summed E-state index contributed by atoms with van der Waals surface area (Å²) in [5.74, 6) is 0. The quantitative estimate of drug-likeness (QED) is 0.534. The maximum absolute atomic E-state index is 5.67. The zero-order valence-corrected chi connectivity index (χ0v) is 7.19. The molecule has 1 aliphatic rings. The second-order valence-electron chi connectivity index (χ2n) is 2.46. The standard InChI is InChI=1S/C6H14N2.C2H6/c7-6-3-1-2-4-8-5-6;1-2/h6,8H,1-5,7H2;1-2H3. The average Bonchev–Trinajstić information content (AvgIpc) is 2.21. The largest absolute Gasteiger partial charge is 0.327 e. The summed E-state index contributed by atoms with van der Waals surface area (Å²) >= 11 is 0. The molecule has 2 heteroatoms. The van der Waals surface area contributed by atoms with Crippen molar-refractivity contribution in [3.05, 3.63) is 0 Å². The zero-order valence-electron chi connectivity index (χ0n) is 7.19. The van der Waals surface area contributed by atoms with Gasteiger partial charge in [-0.3, -0.25) is 0 Å². The minimum Gasteiger partial charge on any atom is -0.327 e. The van der Waals surface area contributed by atoms with Crippen LogP contribution in [0.4, 0.5) is 0 Å². The van der Waals surface area contributed by atoms with Crippen molar-refractivity contribution in [3.63, 3.8) is 0 Å². The molecule has 1 fully saturated rings. The summed E-state index contributed by atoms with van der Waals surface area (Å²) in [5.41, 5.74) is 5.67. The number of hydrogen-bond acceptors (Lipinski definition) is 2. The summed E-state index contributed by atoms with van der Waals surface area (Å²) in [6, 6.07) is 0.414. The lowest BCUT2D eigenvalue weighted by Gasteiger charge is -2.04. The van der Waals surface area contributed by atoms with E-state index in [9.17, 15) is 0 Å². The first-order valence-corrected chi connectivity index (χ1v) is 4.36. The molecule has 0 aliphatic carbocycles. The fraction of sp³-hybridized carbons (Fsp3) is 1.00. The van der Waals surface area contributed by atoms with Crippen LogP contribution in [0.25, 0.3) is 0 Å². The molecule has 0 aromatic carbocycles. The third-order valence-corrected chi connectivity index (χ3v) is 1.58. The van der Waals surface area contributed by atoms with E-state index >= 15 is 0 Å². The Labute approximate surface area is 64.2 Å². The van der Waals surface area contributed by atoms with Crippen molar-refractivity contribution in [3.8, 4) is 0 Å². The molecule has 0 aromatic rings. The summed E-state index contributed by atoms with van der Waals surface area (Å²) in [5, 5.41) is 3.27. The third kappa shape index (κ3) is 4.77. The van der Waals surface area contributed by atoms with Crippen LogP contribution in [-0.2, 0) is 0 Å². The van der Waals surface area contributed by atoms with Gasteiger partial charge in [0.15, 0.2) is 0 Å². The molecule has 0 radical (unpaired) electrons. The van der Waals surface area contributed by atoms with Crippen LogP contribution in [0.5, 0.6) is 0 Å². The van der Waals surface area contributed by atoms with Crippen molar-refractivity contribution in [1.82, 2.24) is 5.32 Å². The van der Waals surface area contributed by atoms with Gasteiger partial charge in [0.05, 0.1) is 0 Å². The van der Waals surface area contributed by atoms with Gasteiger partial charge in [-0.1, -0.05) is 20.3 Å². The molecule has 3 N–H and O–H groups in total. The molecule has 1 unspecified atom stereocenters. The fourth-order valence-corrected chi connectivity index (χ4v) is 1.05. The van der Waals surface area contributed by atoms with Gasteiger partial charge in [-0.25, -0.2) is 0 Å². The van der Waals surface area contributed by atoms with Gasteiger partial charge < -0.3 is 11.1 Å². The molecule has 10 heavy (non-hydrogen) atoms. The van der Waals surface area contributed by atoms with Crippen LogP contribution in [0.15, 0.2) is 0 Å². The monoisotopic (exact) mass is 144 g/mol. The predicted octanol–water partition coefficient (Wildman–Crippen LogP) is 1.11. The topological polar surface area (TPSA) is 38.0 Å². The molecule has 62 valence electrons. The Bertz CT molecular complexity index is 56.3. The molecule has 0 aromatic heterocycles. The average molecular weight is 144 g/mol. The van der Waals surface area contributed by atoms with Crippen LogP contribution in [0.2, 0.25) is 0 Å². The molecule has 2 nitrogen and oxygen atoms in total. The number of hydrogen-bond donors (Lipinski definition) is 2. The molecule has 0 saturated carbocycles. The van der Waals surface area contributed by atoms with E-state index in [0.717, 1.165) is 13.1 Å². The Hall–Kier alpha value is -0.0800. The second-order valence-corrected chi connectivity index (χ2v) is 2.46. The van der Waals surface area contributed by atoms with Gasteiger partial charge in [0.1, 0.15) is 0 Å². The molecule has 1 aliphatic heterocycles. The summed E-state index contributed by atoms with van der Waals surface area (Å²) < 4.78 is 0. The van der Waals surface area contributed by atoms with E-state index in [1.54, 1.807) is 0 Å². The van der Waals surface area contributed by atoms with E-state index in [2.05, 4.69) is 5.32 Å². The number of rotatable bonds is 0. The van der Waals surface area contributed by atoms with Gasteiger partial charge in [-0.05, 0) is 19.4 Å². The predicted molar refractivity (Wildman–Crippen MR) is 46.0 cm³/mol. The van der Waals surface area contributed by atoms with Crippen LogP contribution in [-0.4, -0.2) is 19.1 Å². The van der Waals surface area contributed by atoms with E-state index in [0.29, 0.717) is 6.04 Å². The maximum atomic E-state index is 5.67. The normalized spacial score (nSPS) is 26.1. The van der Waals surface area contributed by atoms with Gasteiger partial charge in [0, 0.05) is 12.6 Å². The summed E-state index contributed by atoms with van der Waals surface area (Å²) in [6.07, 6.45) is 3.80. The zero-order chi connectivity index (χ0) is 7.82. The van der Waals surface area contributed by atoms with Crippen molar-refractivity contribution in [2.45, 2.75) is 39.2 Å². The lowest BCUT2D eigenvalue weighted by Crippen LogP contribution is -2.31. The third-order valence-electron chi connectivity index (χ3n) is 1.58. The molecule has 1 rings (SSSR count). The van der Waals surface area contributed by atoms with Crippen molar-refractivity contribution in [2.24, 2.45) is 5.73 Å². The minimum atomic E-state index is 0.414. The first-order valence-electron chi connectivity index (χ1n) is 4.36. The molecule has 1 atom stereocenters. The Balaban J connectivity index is 0.000000371. The van der Waals surface area contributed by atoms with Gasteiger partial charge >= 0.3 is 0 Å². The Morgan fingerprint density at radius 1 is 1.30 bits per heavy atom. The summed E-state index contributed by atoms with van der Waals surface area (Å²) in [7, 11) is 0. The number of nitrogens with two attached hydrogens (primary N) is 1. The number of nitrogens with one attached hydrogen (secondary N) is 1. The maximum Gasteiger partial charge on any atom is 0.0165 e. The van der Waals surface area contributed by atoms with Gasteiger partial charge in [0.2, 0.25) is 0 Å². The van der Waals surface area contributed by atoms with E-state index < -0.39 is 0 Å². The highest BCUT2D eigenvalue weighted by molar-refractivity contribution is 4.68. The second kappa shape index (κ2) is 7.03. The lowest BCUT2D eigenvalue weighted by molar-refractivity contribution is 0.600. The Morgan fingerprint density at radius 2 is 2.00 bits per heavy atom. The van der Waals surface area contributed by atoms with E-state index in [-0.39, 0.29) is 0 Å². The van der Waals surface area contributed by atoms with Gasteiger partial charge in [-0.15, -0.1) is 0 Å². The van der Waals surface area contributed by atoms with Crippen molar-refractivity contribution in [2.75, 3.05) is 13.1 Å². The Morgan fingerprint density at radius 3 is 2.70 bits per heavy atom. The summed E-state index contributed by atoms with van der Waals surface area (Å²) in [6.45, 7) is 6.17. The van der Waals surface area contributed by atoms with Crippen molar-refractivity contribution >= 4 is 0 Å². The Kier molecular flexibility index (Phi) is 6.98. The highest BCUT2D eigenvalue weighted by Gasteiger charge is 2.04. The fourth-order valence-electron chi connectivity index (χ4n) is 1.05. The highest BCUT2D eigenvalue weighted by Crippen LogP contribution is 2.00. The highest BCUT2D eigenvalue weighted by atomic mass is 14.9. The molecular formula is C8H20N2. The molecule has 0 bridgehead atoms. The van der Waals surface area contributed by atoms with Crippen molar-refractivity contribution < 1.29 is 0 Å². The van der Waals surface area contributed by atoms with E-state index in [1.165, 1.54) is 19.3 Å². The SMILES string of the molecule is CC.NC1CCCCNC1. The van der Waals surface area contributed by atoms with Crippen LogP contribution >= 0.6 is 0 Å². The minimum absolute atomic E-state index is 0.414. The van der Waals surface area contributed by atoms with E-state index in [1.807, 2.05) is 13.8 Å².